The van der Waals surface area contributed by atoms with Gasteiger partial charge in [0.25, 0.3) is 10.1 Å². The molecule has 0 heterocycles. The van der Waals surface area contributed by atoms with Crippen molar-refractivity contribution in [2.24, 2.45) is 0 Å². The van der Waals surface area contributed by atoms with Crippen molar-refractivity contribution in [3.63, 3.8) is 0 Å². The second kappa shape index (κ2) is 28.6. The molecular formula is C46H62CaO10S2. The number of benzene rings is 4. The molecule has 0 bridgehead atoms. The zero-order chi connectivity index (χ0) is 42.2. The number of phenols is 1. The summed E-state index contributed by atoms with van der Waals surface area (Å²) in [6.07, 6.45) is 25.1. The fraction of sp³-hybridized carbons (Fsp3) is 0.478. The molecule has 4 aromatic carbocycles. The topological polar surface area (TPSA) is 173 Å². The third-order valence-electron chi connectivity index (χ3n) is 9.87. The van der Waals surface area contributed by atoms with Gasteiger partial charge in [0.1, 0.15) is 32.3 Å². The molecule has 0 amide bonds. The largest absolute Gasteiger partial charge is 2.00 e. The van der Waals surface area contributed by atoms with Crippen LogP contribution in [0.1, 0.15) is 141 Å². The molecule has 0 saturated carbocycles. The average molecular weight is 879 g/mol. The van der Waals surface area contributed by atoms with E-state index in [0.717, 1.165) is 37.3 Å². The predicted molar refractivity (Wildman–Crippen MR) is 232 cm³/mol. The third-order valence-corrected chi connectivity index (χ3v) is 11.6. The molecule has 320 valence electrons. The fourth-order valence-electron chi connectivity index (χ4n) is 6.57. The summed E-state index contributed by atoms with van der Waals surface area (Å²) in [5, 5.41) is 21.8. The van der Waals surface area contributed by atoms with E-state index in [1.54, 1.807) is 24.3 Å². The van der Waals surface area contributed by atoms with Gasteiger partial charge < -0.3 is 24.2 Å². The van der Waals surface area contributed by atoms with Crippen LogP contribution in [-0.4, -0.2) is 68.8 Å². The molecular weight excluding hydrogens is 817 g/mol. The molecule has 10 nitrogen and oxygen atoms in total. The normalized spacial score (nSPS) is 11.3. The van der Waals surface area contributed by atoms with Gasteiger partial charge in [-0.3, -0.25) is 4.55 Å². The summed E-state index contributed by atoms with van der Waals surface area (Å²) >= 11 is 0. The van der Waals surface area contributed by atoms with Gasteiger partial charge in [0.15, 0.2) is 11.5 Å². The molecule has 0 atom stereocenters. The van der Waals surface area contributed by atoms with Gasteiger partial charge in [-0.15, -0.1) is 0 Å². The second-order valence-corrected chi connectivity index (χ2v) is 17.5. The Morgan fingerprint density at radius 3 is 1.29 bits per heavy atom. The van der Waals surface area contributed by atoms with E-state index < -0.39 is 41.5 Å². The van der Waals surface area contributed by atoms with E-state index in [4.69, 9.17) is 9.47 Å². The smallest absolute Gasteiger partial charge is 0.870 e. The number of ether oxygens (including phenoxy) is 2. The van der Waals surface area contributed by atoms with E-state index in [1.807, 2.05) is 24.3 Å². The SMILES string of the molecule is CCCCCCCCCCCc1ccc(Oc2c(O)cccc2S(=O)(=O)O)cc1.CCCCCCCCCCCc1ccc(Oc2c([O-])cccc2S(=O)(=O)[O-])cc1.[Ca+2]. The van der Waals surface area contributed by atoms with Gasteiger partial charge in [0.05, 0.1) is 4.90 Å². The van der Waals surface area contributed by atoms with Gasteiger partial charge in [-0.05, 0) is 79.3 Å². The monoisotopic (exact) mass is 878 g/mol. The van der Waals surface area contributed by atoms with Crippen molar-refractivity contribution in [2.45, 2.75) is 152 Å². The van der Waals surface area contributed by atoms with Crippen molar-refractivity contribution in [1.82, 2.24) is 0 Å². The number of unbranched alkanes of at least 4 members (excludes halogenated alkanes) is 16. The summed E-state index contributed by atoms with van der Waals surface area (Å²) in [7, 11) is -9.28. The zero-order valence-corrected chi connectivity index (χ0v) is 38.8. The van der Waals surface area contributed by atoms with E-state index in [2.05, 4.69) is 13.8 Å². The Morgan fingerprint density at radius 1 is 0.508 bits per heavy atom. The van der Waals surface area contributed by atoms with E-state index in [0.29, 0.717) is 11.5 Å². The van der Waals surface area contributed by atoms with Crippen LogP contribution in [0.25, 0.3) is 0 Å². The minimum atomic E-state index is -4.79. The first-order valence-electron chi connectivity index (χ1n) is 20.9. The minimum Gasteiger partial charge on any atom is -0.870 e. The van der Waals surface area contributed by atoms with Gasteiger partial charge in [0.2, 0.25) is 0 Å². The molecule has 4 rings (SSSR count). The molecule has 0 unspecified atom stereocenters. The standard InChI is InChI=1S/2C23H32O5S.Ca/c2*1-2-3-4-5-6-7-8-9-10-12-19-15-17-20(18-16-19)28-23-21(24)13-11-14-22(23)29(25,26)27;/h2*11,13-18,24H,2-10,12H2,1H3,(H,25,26,27);/q;;+2/p-2. The van der Waals surface area contributed by atoms with Crippen LogP contribution in [0.15, 0.2) is 94.7 Å². The van der Waals surface area contributed by atoms with Crippen molar-refractivity contribution in [3.8, 4) is 34.5 Å². The first-order chi connectivity index (χ1) is 27.8. The van der Waals surface area contributed by atoms with Crippen molar-refractivity contribution in [3.05, 3.63) is 96.1 Å². The first kappa shape index (κ1) is 52.3. The summed E-state index contributed by atoms with van der Waals surface area (Å²) in [5.41, 5.74) is 2.35. The van der Waals surface area contributed by atoms with E-state index in [1.165, 1.54) is 139 Å². The Labute approximate surface area is 383 Å². The fourth-order valence-corrected chi connectivity index (χ4v) is 7.81. The van der Waals surface area contributed by atoms with Crippen LogP contribution in [0.3, 0.4) is 0 Å². The van der Waals surface area contributed by atoms with Gasteiger partial charge in [0, 0.05) is 0 Å². The van der Waals surface area contributed by atoms with Crippen LogP contribution in [0.4, 0.5) is 0 Å². The van der Waals surface area contributed by atoms with Crippen LogP contribution >= 0.6 is 0 Å². The summed E-state index contributed by atoms with van der Waals surface area (Å²) < 4.78 is 77.2. The molecule has 0 aromatic heterocycles. The van der Waals surface area contributed by atoms with Crippen LogP contribution in [0, 0.1) is 0 Å². The number of para-hydroxylation sites is 2. The number of hydrogen-bond donors (Lipinski definition) is 2. The number of hydrogen-bond acceptors (Lipinski definition) is 9. The van der Waals surface area contributed by atoms with Crippen LogP contribution < -0.4 is 14.6 Å². The van der Waals surface area contributed by atoms with Gasteiger partial charge >= 0.3 is 37.7 Å². The third kappa shape index (κ3) is 20.5. The summed E-state index contributed by atoms with van der Waals surface area (Å²) in [6, 6.07) is 21.8. The second-order valence-electron chi connectivity index (χ2n) is 14.8. The zero-order valence-electron chi connectivity index (χ0n) is 34.9. The molecule has 59 heavy (non-hydrogen) atoms. The summed E-state index contributed by atoms with van der Waals surface area (Å²) in [6.45, 7) is 4.47. The maximum atomic E-state index is 11.9. The van der Waals surface area contributed by atoms with E-state index in [9.17, 15) is 36.2 Å². The van der Waals surface area contributed by atoms with Crippen molar-refractivity contribution >= 4 is 58.0 Å². The summed E-state index contributed by atoms with van der Waals surface area (Å²) in [4.78, 5) is -1.10. The Morgan fingerprint density at radius 2 is 0.881 bits per heavy atom. The molecule has 13 heteroatoms. The number of aryl methyl sites for hydroxylation is 2. The minimum absolute atomic E-state index is 0. The predicted octanol–water partition coefficient (Wildman–Crippen LogP) is 11.7. The molecule has 0 aliphatic heterocycles. The van der Waals surface area contributed by atoms with Gasteiger partial charge in [-0.2, -0.15) is 8.42 Å². The van der Waals surface area contributed by atoms with Gasteiger partial charge in [-0.1, -0.05) is 165 Å². The molecule has 2 N–H and O–H groups in total. The number of phenolic OH excluding ortho intramolecular Hbond substituents is 1. The Bertz CT molecular complexity index is 1840. The Hall–Kier alpha value is -2.84. The quantitative estimate of drug-likeness (QED) is 0.0351. The van der Waals surface area contributed by atoms with Crippen molar-refractivity contribution in [2.75, 3.05) is 0 Å². The number of rotatable bonds is 26. The van der Waals surface area contributed by atoms with E-state index in [-0.39, 0.29) is 49.2 Å². The number of aromatic hydroxyl groups is 1. The first-order valence-corrected chi connectivity index (χ1v) is 23.8. The molecule has 4 aromatic rings. The van der Waals surface area contributed by atoms with Crippen molar-refractivity contribution < 1.29 is 45.6 Å². The maximum Gasteiger partial charge on any atom is 2.00 e. The molecule has 0 spiro atoms. The Balaban J connectivity index is 0.000000400. The molecule has 0 aliphatic rings. The van der Waals surface area contributed by atoms with Crippen LogP contribution in [0.2, 0.25) is 0 Å². The van der Waals surface area contributed by atoms with Crippen LogP contribution in [0.5, 0.6) is 34.5 Å². The summed E-state index contributed by atoms with van der Waals surface area (Å²) in [5.74, 6) is -0.989. The molecule has 0 fully saturated rings. The molecule has 0 aliphatic carbocycles. The molecule has 0 saturated heterocycles. The average Bonchev–Trinajstić information content (AvgIpc) is 3.19. The Kier molecular flexibility index (Phi) is 25.4. The van der Waals surface area contributed by atoms with Crippen LogP contribution in [-0.2, 0) is 33.1 Å². The van der Waals surface area contributed by atoms with Gasteiger partial charge in [-0.25, -0.2) is 8.42 Å². The molecule has 0 radical (unpaired) electrons. The van der Waals surface area contributed by atoms with Crippen molar-refractivity contribution in [1.29, 1.82) is 0 Å². The van der Waals surface area contributed by atoms with E-state index >= 15 is 0 Å². The maximum absolute atomic E-state index is 11.9.